The SMILES string of the molecule is CCCCCCCC/C=C/CCCCCCCCCC(=O)OC[C@H](CO[C@H]1O[C@H](CS(=O)(=O)O)[C@@H](O)C(O)C1O)OC(=O)CCCCCCCCCCCCCCCCCCCCCCCCC. The number of aliphatic hydroxyl groups excluding tert-OH is 3. The van der Waals surface area contributed by atoms with Gasteiger partial charge < -0.3 is 34.3 Å². The maximum Gasteiger partial charge on any atom is 0.306 e. The molecule has 0 radical (unpaired) electrons. The zero-order chi connectivity index (χ0) is 49.8. The molecule has 13 heteroatoms. The Bertz CT molecular complexity index is 1300. The summed E-state index contributed by atoms with van der Waals surface area (Å²) in [4.78, 5) is 25.6. The van der Waals surface area contributed by atoms with E-state index >= 15 is 0 Å². The minimum Gasteiger partial charge on any atom is -0.462 e. The van der Waals surface area contributed by atoms with Gasteiger partial charge in [-0.1, -0.05) is 231 Å². The molecule has 0 saturated carbocycles. The van der Waals surface area contributed by atoms with E-state index in [0.29, 0.717) is 12.8 Å². The Hall–Kier alpha value is -1.61. The lowest BCUT2D eigenvalue weighted by Gasteiger charge is -2.40. The minimum absolute atomic E-state index is 0.170. The molecule has 0 spiro atoms. The van der Waals surface area contributed by atoms with Crippen LogP contribution in [0.1, 0.15) is 271 Å². The van der Waals surface area contributed by atoms with Gasteiger partial charge in [0.2, 0.25) is 0 Å². The van der Waals surface area contributed by atoms with Crippen LogP contribution in [0.3, 0.4) is 0 Å². The molecule has 4 N–H and O–H groups in total. The molecule has 0 aromatic carbocycles. The van der Waals surface area contributed by atoms with E-state index in [1.165, 1.54) is 186 Å². The largest absolute Gasteiger partial charge is 0.462 e. The number of esters is 2. The molecule has 402 valence electrons. The standard InChI is InChI=1S/C55H104O12S/c1-3-5-7-9-11-13-15-17-19-21-22-23-24-25-26-28-30-32-34-36-38-40-42-44-51(57)66-48(46-65-55-54(60)53(59)52(58)49(67-55)47-68(61,62)63)45-64-50(56)43-41-39-37-35-33-31-29-27-20-18-16-14-12-10-8-6-4-2/h18,20,48-49,52-55,58-60H,3-17,19,21-47H2,1-2H3,(H,61,62,63)/b20-18+/t48-,49-,52-,53?,54?,55+/m1/s1. The summed E-state index contributed by atoms with van der Waals surface area (Å²) >= 11 is 0. The van der Waals surface area contributed by atoms with Crippen LogP contribution in [-0.4, -0.2) is 96.0 Å². The maximum atomic E-state index is 12.9. The van der Waals surface area contributed by atoms with E-state index in [4.69, 9.17) is 18.9 Å². The first-order chi connectivity index (χ1) is 33.0. The summed E-state index contributed by atoms with van der Waals surface area (Å²) in [5.41, 5.74) is 0. The highest BCUT2D eigenvalue weighted by atomic mass is 32.2. The molecule has 1 saturated heterocycles. The predicted molar refractivity (Wildman–Crippen MR) is 275 cm³/mol. The van der Waals surface area contributed by atoms with Gasteiger partial charge in [-0.3, -0.25) is 14.1 Å². The Balaban J connectivity index is 2.30. The van der Waals surface area contributed by atoms with Gasteiger partial charge in [-0.15, -0.1) is 0 Å². The van der Waals surface area contributed by atoms with E-state index < -0.39 is 71.2 Å². The number of carbonyl (C=O) groups is 2. The van der Waals surface area contributed by atoms with Crippen LogP contribution in [0.25, 0.3) is 0 Å². The summed E-state index contributed by atoms with van der Waals surface area (Å²) in [5, 5.41) is 31.0. The van der Waals surface area contributed by atoms with Gasteiger partial charge in [0, 0.05) is 12.8 Å². The van der Waals surface area contributed by atoms with Crippen LogP contribution in [0, 0.1) is 0 Å². The van der Waals surface area contributed by atoms with Gasteiger partial charge >= 0.3 is 11.9 Å². The molecular formula is C55H104O12S. The summed E-state index contributed by atoms with van der Waals surface area (Å²) in [6.07, 6.45) is 42.5. The molecule has 0 amide bonds. The molecule has 1 aliphatic heterocycles. The highest BCUT2D eigenvalue weighted by molar-refractivity contribution is 7.85. The first-order valence-electron chi connectivity index (χ1n) is 28.2. The Labute approximate surface area is 416 Å². The molecular weight excluding hydrogens is 885 g/mol. The summed E-state index contributed by atoms with van der Waals surface area (Å²) in [5.74, 6) is -1.97. The Morgan fingerprint density at radius 1 is 0.485 bits per heavy atom. The lowest BCUT2D eigenvalue weighted by molar-refractivity contribution is -0.297. The van der Waals surface area contributed by atoms with Gasteiger partial charge in [-0.25, -0.2) is 0 Å². The lowest BCUT2D eigenvalue weighted by atomic mass is 10.00. The van der Waals surface area contributed by atoms with Crippen molar-refractivity contribution in [3.63, 3.8) is 0 Å². The molecule has 12 nitrogen and oxygen atoms in total. The molecule has 0 aromatic heterocycles. The molecule has 1 aliphatic rings. The van der Waals surface area contributed by atoms with Crippen LogP contribution in [0.15, 0.2) is 12.2 Å². The van der Waals surface area contributed by atoms with Crippen LogP contribution in [0.5, 0.6) is 0 Å². The van der Waals surface area contributed by atoms with Gasteiger partial charge in [-0.05, 0) is 38.5 Å². The van der Waals surface area contributed by atoms with Crippen LogP contribution in [0.4, 0.5) is 0 Å². The molecule has 0 bridgehead atoms. The van der Waals surface area contributed by atoms with Crippen molar-refractivity contribution in [3.05, 3.63) is 12.2 Å². The van der Waals surface area contributed by atoms with E-state index in [-0.39, 0.29) is 19.4 Å². The molecule has 6 atom stereocenters. The predicted octanol–water partition coefficient (Wildman–Crippen LogP) is 13.4. The van der Waals surface area contributed by atoms with E-state index in [2.05, 4.69) is 26.0 Å². The second kappa shape index (κ2) is 45.3. The van der Waals surface area contributed by atoms with Gasteiger partial charge in [0.15, 0.2) is 12.4 Å². The number of ether oxygens (including phenoxy) is 4. The maximum absolute atomic E-state index is 12.9. The monoisotopic (exact) mass is 989 g/mol. The van der Waals surface area contributed by atoms with Crippen molar-refractivity contribution < 1.29 is 56.8 Å². The third-order valence-corrected chi connectivity index (χ3v) is 14.1. The average Bonchev–Trinajstić information content (AvgIpc) is 3.31. The van der Waals surface area contributed by atoms with E-state index in [0.717, 1.165) is 44.9 Å². The number of rotatable bonds is 49. The van der Waals surface area contributed by atoms with Gasteiger partial charge in [0.05, 0.1) is 6.61 Å². The summed E-state index contributed by atoms with van der Waals surface area (Å²) < 4.78 is 54.4. The average molecular weight is 989 g/mol. The number of carbonyl (C=O) groups excluding carboxylic acids is 2. The van der Waals surface area contributed by atoms with Crippen molar-refractivity contribution in [3.8, 4) is 0 Å². The number of allylic oxidation sites excluding steroid dienone is 2. The van der Waals surface area contributed by atoms with E-state index in [1.807, 2.05) is 0 Å². The quantitative estimate of drug-likeness (QED) is 0.0196. The summed E-state index contributed by atoms with van der Waals surface area (Å²) in [6, 6.07) is 0. The van der Waals surface area contributed by atoms with E-state index in [9.17, 15) is 37.9 Å². The van der Waals surface area contributed by atoms with Crippen molar-refractivity contribution in [2.75, 3.05) is 19.0 Å². The third kappa shape index (κ3) is 39.1. The number of hydrogen-bond acceptors (Lipinski definition) is 11. The van der Waals surface area contributed by atoms with Crippen LogP contribution in [-0.2, 0) is 38.7 Å². The van der Waals surface area contributed by atoms with Gasteiger partial charge in [-0.2, -0.15) is 8.42 Å². The van der Waals surface area contributed by atoms with Crippen LogP contribution < -0.4 is 0 Å². The molecule has 1 rings (SSSR count). The fourth-order valence-electron chi connectivity index (χ4n) is 8.97. The topological polar surface area (TPSA) is 186 Å². The normalized spacial score (nSPS) is 19.2. The molecule has 1 heterocycles. The number of hydrogen-bond donors (Lipinski definition) is 4. The van der Waals surface area contributed by atoms with Crippen molar-refractivity contribution in [1.29, 1.82) is 0 Å². The van der Waals surface area contributed by atoms with Crippen molar-refractivity contribution in [2.45, 2.75) is 307 Å². The molecule has 0 aliphatic carbocycles. The van der Waals surface area contributed by atoms with Crippen molar-refractivity contribution in [2.24, 2.45) is 0 Å². The minimum atomic E-state index is -4.60. The van der Waals surface area contributed by atoms with Crippen molar-refractivity contribution in [1.82, 2.24) is 0 Å². The Kier molecular flexibility index (Phi) is 42.9. The Morgan fingerprint density at radius 3 is 1.22 bits per heavy atom. The van der Waals surface area contributed by atoms with Gasteiger partial charge in [0.25, 0.3) is 10.1 Å². The fourth-order valence-corrected chi connectivity index (χ4v) is 9.66. The molecule has 1 fully saturated rings. The highest BCUT2D eigenvalue weighted by Gasteiger charge is 2.46. The highest BCUT2D eigenvalue weighted by Crippen LogP contribution is 2.24. The summed E-state index contributed by atoms with van der Waals surface area (Å²) in [7, 11) is -4.60. The zero-order valence-corrected chi connectivity index (χ0v) is 44.3. The lowest BCUT2D eigenvalue weighted by Crippen LogP contribution is -2.60. The smallest absolute Gasteiger partial charge is 0.306 e. The second-order valence-corrected chi connectivity index (χ2v) is 21.5. The second-order valence-electron chi connectivity index (χ2n) is 20.0. The number of aliphatic hydroxyl groups is 3. The molecule has 0 aromatic rings. The third-order valence-electron chi connectivity index (χ3n) is 13.3. The molecule has 68 heavy (non-hydrogen) atoms. The first-order valence-corrected chi connectivity index (χ1v) is 29.9. The van der Waals surface area contributed by atoms with Crippen molar-refractivity contribution >= 4 is 22.1 Å². The zero-order valence-electron chi connectivity index (χ0n) is 43.5. The first kappa shape index (κ1) is 64.4. The number of unbranched alkanes of at least 4 members (excludes halogenated alkanes) is 35. The van der Waals surface area contributed by atoms with E-state index in [1.54, 1.807) is 0 Å². The Morgan fingerprint density at radius 2 is 0.838 bits per heavy atom. The summed E-state index contributed by atoms with van der Waals surface area (Å²) in [6.45, 7) is 3.81. The van der Waals surface area contributed by atoms with Crippen LogP contribution in [0.2, 0.25) is 0 Å². The van der Waals surface area contributed by atoms with Gasteiger partial charge in [0.1, 0.15) is 36.8 Å². The van der Waals surface area contributed by atoms with Crippen LogP contribution >= 0.6 is 0 Å². The fraction of sp³-hybridized carbons (Fsp3) is 0.927. The molecule has 2 unspecified atom stereocenters.